The van der Waals surface area contributed by atoms with E-state index >= 15 is 0 Å². The summed E-state index contributed by atoms with van der Waals surface area (Å²) in [6.45, 7) is 0.218. The molecule has 3 aromatic rings. The quantitative estimate of drug-likeness (QED) is 0.649. The summed E-state index contributed by atoms with van der Waals surface area (Å²) >= 11 is 0. The lowest BCUT2D eigenvalue weighted by atomic mass is 9.86. The molecule has 0 spiro atoms. The van der Waals surface area contributed by atoms with E-state index in [1.807, 2.05) is 54.6 Å². The maximum Gasteiger partial charge on any atom is 0.306 e. The van der Waals surface area contributed by atoms with Crippen molar-refractivity contribution in [2.45, 2.75) is 38.3 Å². The Kier molecular flexibility index (Phi) is 5.51. The third-order valence-corrected chi connectivity index (χ3v) is 5.44. The van der Waals surface area contributed by atoms with Crippen LogP contribution in [0, 0.1) is 5.92 Å². The van der Waals surface area contributed by atoms with Gasteiger partial charge in [-0.3, -0.25) is 9.59 Å². The topological polar surface area (TPSA) is 88.8 Å². The van der Waals surface area contributed by atoms with Crippen molar-refractivity contribution < 1.29 is 23.8 Å². The molecule has 1 fully saturated rings. The first-order chi connectivity index (χ1) is 14.1. The lowest BCUT2D eigenvalue weighted by molar-refractivity contribution is -0.142. The van der Waals surface area contributed by atoms with Crippen LogP contribution in [0.3, 0.4) is 0 Å². The molecular weight excluding hydrogens is 370 g/mol. The predicted molar refractivity (Wildman–Crippen MR) is 108 cm³/mol. The van der Waals surface area contributed by atoms with Crippen molar-refractivity contribution in [1.29, 1.82) is 0 Å². The van der Waals surface area contributed by atoms with E-state index < -0.39 is 5.97 Å². The smallest absolute Gasteiger partial charge is 0.306 e. The highest BCUT2D eigenvalue weighted by Gasteiger charge is 2.29. The third kappa shape index (κ3) is 4.26. The number of amides is 1. The Balaban J connectivity index is 1.51. The molecule has 1 aliphatic carbocycles. The Hall–Kier alpha value is -3.28. The second kappa shape index (κ2) is 8.39. The summed E-state index contributed by atoms with van der Waals surface area (Å²) in [5, 5.41) is 13.0. The minimum atomic E-state index is -0.757. The minimum Gasteiger partial charge on any atom is -0.489 e. The number of rotatable bonds is 6. The second-order valence-electron chi connectivity index (χ2n) is 7.37. The van der Waals surface area contributed by atoms with Crippen LogP contribution in [-0.2, 0) is 11.4 Å². The molecule has 150 valence electrons. The van der Waals surface area contributed by atoms with Gasteiger partial charge in [-0.2, -0.15) is 0 Å². The number of para-hydroxylation sites is 2. The molecule has 1 aliphatic rings. The van der Waals surface area contributed by atoms with Gasteiger partial charge < -0.3 is 19.6 Å². The molecule has 29 heavy (non-hydrogen) atoms. The molecule has 1 heterocycles. The fraction of sp³-hybridized carbons (Fsp3) is 0.304. The summed E-state index contributed by atoms with van der Waals surface area (Å²) in [6, 6.07) is 16.9. The number of carboxylic acid groups (broad SMARTS) is 1. The van der Waals surface area contributed by atoms with Crippen LogP contribution in [0.25, 0.3) is 11.0 Å². The zero-order valence-corrected chi connectivity index (χ0v) is 16.0. The molecule has 1 amide bonds. The minimum absolute atomic E-state index is 0.0470. The maximum absolute atomic E-state index is 13.0. The predicted octanol–water partition coefficient (Wildman–Crippen LogP) is 4.39. The summed E-state index contributed by atoms with van der Waals surface area (Å²) in [5.74, 6) is -0.387. The largest absolute Gasteiger partial charge is 0.489 e. The fourth-order valence-corrected chi connectivity index (χ4v) is 3.83. The number of hydrogen-bond acceptors (Lipinski definition) is 4. The van der Waals surface area contributed by atoms with Crippen molar-refractivity contribution >= 4 is 22.8 Å². The monoisotopic (exact) mass is 393 g/mol. The van der Waals surface area contributed by atoms with Crippen molar-refractivity contribution in [2.75, 3.05) is 0 Å². The van der Waals surface area contributed by atoms with Gasteiger partial charge in [-0.1, -0.05) is 36.4 Å². The Morgan fingerprint density at radius 2 is 1.69 bits per heavy atom. The highest BCUT2D eigenvalue weighted by atomic mass is 16.5. The number of ether oxygens (including phenoxy) is 1. The van der Waals surface area contributed by atoms with Gasteiger partial charge in [-0.25, -0.2) is 0 Å². The van der Waals surface area contributed by atoms with Crippen LogP contribution < -0.4 is 10.1 Å². The molecule has 0 radical (unpaired) electrons. The summed E-state index contributed by atoms with van der Waals surface area (Å²) in [6.07, 6.45) is 2.45. The van der Waals surface area contributed by atoms with Crippen molar-refractivity contribution in [2.24, 2.45) is 5.92 Å². The van der Waals surface area contributed by atoms with Crippen LogP contribution in [0.1, 0.15) is 41.8 Å². The Labute approximate surface area is 168 Å². The summed E-state index contributed by atoms with van der Waals surface area (Å²) in [5.41, 5.74) is 1.35. The Morgan fingerprint density at radius 1 is 1.00 bits per heavy atom. The zero-order valence-electron chi connectivity index (χ0n) is 16.0. The molecular formula is C23H23NO5. The molecule has 2 aromatic carbocycles. The van der Waals surface area contributed by atoms with Gasteiger partial charge in [0.25, 0.3) is 5.91 Å². The number of furan rings is 1. The molecule has 0 saturated heterocycles. The number of carboxylic acids is 1. The summed E-state index contributed by atoms with van der Waals surface area (Å²) in [7, 11) is 0. The normalized spacial score (nSPS) is 19.0. The Bertz CT molecular complexity index is 1000. The Morgan fingerprint density at radius 3 is 2.41 bits per heavy atom. The second-order valence-corrected chi connectivity index (χ2v) is 7.37. The summed E-state index contributed by atoms with van der Waals surface area (Å²) < 4.78 is 11.7. The van der Waals surface area contributed by atoms with Gasteiger partial charge in [0.05, 0.1) is 5.92 Å². The van der Waals surface area contributed by atoms with Crippen LogP contribution >= 0.6 is 0 Å². The number of aliphatic carboxylic acids is 1. The molecule has 0 atom stereocenters. The molecule has 2 N–H and O–H groups in total. The van der Waals surface area contributed by atoms with Crippen molar-refractivity contribution in [3.8, 4) is 5.75 Å². The van der Waals surface area contributed by atoms with Gasteiger partial charge in [0.15, 0.2) is 5.76 Å². The first kappa shape index (κ1) is 19.1. The van der Waals surface area contributed by atoms with E-state index in [-0.39, 0.29) is 30.2 Å². The highest BCUT2D eigenvalue weighted by Crippen LogP contribution is 2.29. The SMILES string of the molecule is O=C(NC1CCC(C(=O)O)CC1)c1oc2ccccc2c1COc1ccccc1. The number of nitrogens with one attached hydrogen (secondary N) is 1. The van der Waals surface area contributed by atoms with Gasteiger partial charge in [0, 0.05) is 17.0 Å². The molecule has 1 aromatic heterocycles. The molecule has 1 saturated carbocycles. The summed E-state index contributed by atoms with van der Waals surface area (Å²) in [4.78, 5) is 24.1. The van der Waals surface area contributed by atoms with E-state index in [2.05, 4.69) is 5.32 Å². The van der Waals surface area contributed by atoms with Crippen molar-refractivity contribution in [3.63, 3.8) is 0 Å². The number of benzene rings is 2. The number of hydrogen-bond donors (Lipinski definition) is 2. The molecule has 0 bridgehead atoms. The third-order valence-electron chi connectivity index (χ3n) is 5.44. The standard InChI is InChI=1S/C23H23NO5/c25-22(24-16-12-10-15(11-13-16)23(26)27)21-19(14-28-17-6-2-1-3-7-17)18-8-4-5-9-20(18)29-21/h1-9,15-16H,10-14H2,(H,24,25)(H,26,27). The maximum atomic E-state index is 13.0. The zero-order chi connectivity index (χ0) is 20.2. The van der Waals surface area contributed by atoms with Crippen LogP contribution in [0.4, 0.5) is 0 Å². The molecule has 6 heteroatoms. The number of carbonyl (C=O) groups excluding carboxylic acids is 1. The van der Waals surface area contributed by atoms with Crippen LogP contribution in [-0.4, -0.2) is 23.0 Å². The number of carbonyl (C=O) groups is 2. The van der Waals surface area contributed by atoms with E-state index in [1.54, 1.807) is 0 Å². The van der Waals surface area contributed by atoms with Crippen LogP contribution in [0.2, 0.25) is 0 Å². The average Bonchev–Trinajstić information content (AvgIpc) is 3.12. The van der Waals surface area contributed by atoms with Gasteiger partial charge in [0.2, 0.25) is 0 Å². The fourth-order valence-electron chi connectivity index (χ4n) is 3.83. The van der Waals surface area contributed by atoms with E-state index in [0.29, 0.717) is 36.8 Å². The van der Waals surface area contributed by atoms with Crippen LogP contribution in [0.5, 0.6) is 5.75 Å². The molecule has 0 unspecified atom stereocenters. The lowest BCUT2D eigenvalue weighted by Gasteiger charge is -2.26. The first-order valence-corrected chi connectivity index (χ1v) is 9.83. The van der Waals surface area contributed by atoms with Gasteiger partial charge in [0.1, 0.15) is 17.9 Å². The molecule has 6 nitrogen and oxygen atoms in total. The van der Waals surface area contributed by atoms with E-state index in [4.69, 9.17) is 14.3 Å². The van der Waals surface area contributed by atoms with E-state index in [1.165, 1.54) is 0 Å². The van der Waals surface area contributed by atoms with Gasteiger partial charge in [-0.15, -0.1) is 0 Å². The highest BCUT2D eigenvalue weighted by molar-refractivity contribution is 5.99. The van der Waals surface area contributed by atoms with E-state index in [0.717, 1.165) is 11.1 Å². The molecule has 4 rings (SSSR count). The molecule has 0 aliphatic heterocycles. The lowest BCUT2D eigenvalue weighted by Crippen LogP contribution is -2.38. The van der Waals surface area contributed by atoms with Crippen molar-refractivity contribution in [1.82, 2.24) is 5.32 Å². The van der Waals surface area contributed by atoms with Crippen LogP contribution in [0.15, 0.2) is 59.0 Å². The van der Waals surface area contributed by atoms with E-state index in [9.17, 15) is 9.59 Å². The number of fused-ring (bicyclic) bond motifs is 1. The van der Waals surface area contributed by atoms with Crippen molar-refractivity contribution in [3.05, 3.63) is 65.9 Å². The average molecular weight is 393 g/mol. The first-order valence-electron chi connectivity index (χ1n) is 9.83. The van der Waals surface area contributed by atoms with Gasteiger partial charge in [-0.05, 0) is 43.9 Å². The van der Waals surface area contributed by atoms with Gasteiger partial charge >= 0.3 is 5.97 Å².